The van der Waals surface area contributed by atoms with Gasteiger partial charge in [-0.15, -0.1) is 0 Å². The molecule has 0 bridgehead atoms. The second-order valence-corrected chi connectivity index (χ2v) is 9.22. The molecule has 2 aromatic heterocycles. The third-order valence-corrected chi connectivity index (χ3v) is 6.33. The van der Waals surface area contributed by atoms with Crippen molar-refractivity contribution in [3.63, 3.8) is 0 Å². The smallest absolute Gasteiger partial charge is 0.335 e. The minimum atomic E-state index is -0.277. The first-order valence-electron chi connectivity index (χ1n) is 12.1. The highest BCUT2D eigenvalue weighted by Gasteiger charge is 2.31. The Hall–Kier alpha value is -4.44. The van der Waals surface area contributed by atoms with Crippen LogP contribution in [0.3, 0.4) is 0 Å². The van der Waals surface area contributed by atoms with Crippen LogP contribution in [0.5, 0.6) is 11.5 Å². The fraction of sp³-hybridized carbons (Fsp3) is 0.259. The average Bonchev–Trinajstić information content (AvgIpc) is 3.48. The number of likely N-dealkylation sites (tertiary alicyclic amines) is 1. The van der Waals surface area contributed by atoms with Crippen LogP contribution in [0, 0.1) is 0 Å². The molecule has 1 aliphatic heterocycles. The number of amides is 1. The summed E-state index contributed by atoms with van der Waals surface area (Å²) in [6.45, 7) is 1.65. The zero-order chi connectivity index (χ0) is 25.9. The van der Waals surface area contributed by atoms with Crippen molar-refractivity contribution in [3.8, 4) is 17.2 Å². The van der Waals surface area contributed by atoms with Gasteiger partial charge < -0.3 is 20.3 Å². The molecule has 190 valence electrons. The molecule has 2 N–H and O–H groups in total. The normalized spacial score (nSPS) is 15.8. The summed E-state index contributed by atoms with van der Waals surface area (Å²) in [5.41, 5.74) is 7.47. The van der Waals surface area contributed by atoms with E-state index in [1.807, 2.05) is 55.4 Å². The van der Waals surface area contributed by atoms with E-state index in [2.05, 4.69) is 9.97 Å². The van der Waals surface area contributed by atoms with Crippen LogP contribution in [0.15, 0.2) is 77.9 Å². The number of rotatable bonds is 7. The van der Waals surface area contributed by atoms with Gasteiger partial charge in [0.25, 0.3) is 0 Å². The van der Waals surface area contributed by atoms with Crippen molar-refractivity contribution >= 4 is 22.9 Å². The summed E-state index contributed by atoms with van der Waals surface area (Å²) < 4.78 is 9.05. The first kappa shape index (κ1) is 24.3. The summed E-state index contributed by atoms with van der Waals surface area (Å²) >= 11 is 0. The monoisotopic (exact) mass is 499 g/mol. The maximum atomic E-state index is 13.8. The number of anilines is 1. The second-order valence-electron chi connectivity index (χ2n) is 9.22. The summed E-state index contributed by atoms with van der Waals surface area (Å²) in [6.07, 6.45) is 5.43. The fourth-order valence-corrected chi connectivity index (χ4v) is 4.55. The number of benzene rings is 2. The van der Waals surface area contributed by atoms with E-state index in [9.17, 15) is 9.59 Å². The number of ether oxygens (including phenoxy) is 1. The molecule has 0 spiro atoms. The van der Waals surface area contributed by atoms with Gasteiger partial charge in [-0.3, -0.25) is 13.9 Å². The van der Waals surface area contributed by atoms with Crippen molar-refractivity contribution < 1.29 is 9.53 Å². The SMILES string of the molecule is CN(C)C/C=C\C(=O)N1CC[C@@H](n2c(=O)n(-c3ccc(Oc4ccccc4)cc3)c3c(N)ncnc32)C1. The second kappa shape index (κ2) is 10.3. The third kappa shape index (κ3) is 4.96. The van der Waals surface area contributed by atoms with Gasteiger partial charge in [-0.05, 0) is 56.9 Å². The van der Waals surface area contributed by atoms with E-state index in [1.54, 1.807) is 39.8 Å². The van der Waals surface area contributed by atoms with Crippen molar-refractivity contribution in [2.45, 2.75) is 12.5 Å². The number of para-hydroxylation sites is 1. The molecule has 10 heteroatoms. The number of fused-ring (bicyclic) bond motifs is 1. The van der Waals surface area contributed by atoms with Gasteiger partial charge in [0.1, 0.15) is 23.3 Å². The van der Waals surface area contributed by atoms with Gasteiger partial charge in [0, 0.05) is 25.7 Å². The van der Waals surface area contributed by atoms with Gasteiger partial charge in [0.15, 0.2) is 11.5 Å². The quantitative estimate of drug-likeness (QED) is 0.389. The maximum absolute atomic E-state index is 13.8. The first-order valence-corrected chi connectivity index (χ1v) is 12.1. The number of carbonyl (C=O) groups is 1. The van der Waals surface area contributed by atoms with Crippen molar-refractivity contribution in [1.82, 2.24) is 28.9 Å². The van der Waals surface area contributed by atoms with Gasteiger partial charge in [-0.1, -0.05) is 24.3 Å². The molecule has 0 aliphatic carbocycles. The maximum Gasteiger partial charge on any atom is 0.335 e. The lowest BCUT2D eigenvalue weighted by Crippen LogP contribution is -2.31. The Bertz CT molecular complexity index is 1490. The number of nitrogen functional groups attached to an aromatic ring is 1. The Kier molecular flexibility index (Phi) is 6.74. The number of aromatic nitrogens is 4. The van der Waals surface area contributed by atoms with Crippen LogP contribution in [-0.2, 0) is 4.79 Å². The molecular formula is C27H29N7O3. The number of imidazole rings is 1. The van der Waals surface area contributed by atoms with Crippen molar-refractivity contribution in [1.29, 1.82) is 0 Å². The lowest BCUT2D eigenvalue weighted by Gasteiger charge is -2.15. The molecule has 3 heterocycles. The van der Waals surface area contributed by atoms with Gasteiger partial charge in [-0.25, -0.2) is 14.8 Å². The molecule has 1 saturated heterocycles. The molecule has 1 atom stereocenters. The summed E-state index contributed by atoms with van der Waals surface area (Å²) in [5, 5.41) is 0. The molecule has 5 rings (SSSR count). The van der Waals surface area contributed by atoms with Crippen LogP contribution < -0.4 is 16.2 Å². The first-order chi connectivity index (χ1) is 17.9. The van der Waals surface area contributed by atoms with Gasteiger partial charge in [0.05, 0.1) is 11.7 Å². The summed E-state index contributed by atoms with van der Waals surface area (Å²) in [4.78, 5) is 38.7. The predicted molar refractivity (Wildman–Crippen MR) is 142 cm³/mol. The van der Waals surface area contributed by atoms with Crippen LogP contribution in [0.1, 0.15) is 12.5 Å². The van der Waals surface area contributed by atoms with E-state index >= 15 is 0 Å². The summed E-state index contributed by atoms with van der Waals surface area (Å²) in [5.74, 6) is 1.51. The largest absolute Gasteiger partial charge is 0.457 e. The molecule has 1 aliphatic rings. The Balaban J connectivity index is 1.46. The topological polar surface area (TPSA) is 112 Å². The molecule has 0 saturated carbocycles. The van der Waals surface area contributed by atoms with Crippen LogP contribution in [0.25, 0.3) is 16.9 Å². The number of nitrogens with zero attached hydrogens (tertiary/aromatic N) is 6. The van der Waals surface area contributed by atoms with E-state index in [0.29, 0.717) is 48.7 Å². The van der Waals surface area contributed by atoms with Crippen LogP contribution in [-0.4, -0.2) is 68.5 Å². The van der Waals surface area contributed by atoms with Gasteiger partial charge in [0.2, 0.25) is 5.91 Å². The molecule has 1 amide bonds. The molecule has 2 aromatic carbocycles. The molecule has 10 nitrogen and oxygen atoms in total. The number of carbonyl (C=O) groups excluding carboxylic acids is 1. The standard InChI is InChI=1S/C27H29N7O3/c1-31(2)15-6-9-23(35)32-16-14-20(17-32)34-26-24(25(28)29-18-30-26)33(27(34)36)19-10-12-22(13-11-19)37-21-7-4-3-5-8-21/h3-13,18,20H,14-17H2,1-2H3,(H2,28,29,30)/b9-6-/t20-/m1/s1. The van der Waals surface area contributed by atoms with Crippen LogP contribution in [0.2, 0.25) is 0 Å². The molecule has 0 unspecified atom stereocenters. The highest BCUT2D eigenvalue weighted by molar-refractivity contribution is 5.88. The van der Waals surface area contributed by atoms with Crippen LogP contribution >= 0.6 is 0 Å². The van der Waals surface area contributed by atoms with Crippen molar-refractivity contribution in [2.75, 3.05) is 39.5 Å². The van der Waals surface area contributed by atoms with Crippen LogP contribution in [0.4, 0.5) is 5.82 Å². The van der Waals surface area contributed by atoms with Gasteiger partial charge >= 0.3 is 5.69 Å². The minimum absolute atomic E-state index is 0.0655. The van der Waals surface area contributed by atoms with E-state index in [1.165, 1.54) is 10.9 Å². The number of nitrogens with two attached hydrogens (primary N) is 1. The zero-order valence-electron chi connectivity index (χ0n) is 20.8. The van der Waals surface area contributed by atoms with Crippen molar-refractivity contribution in [3.05, 3.63) is 83.6 Å². The predicted octanol–water partition coefficient (Wildman–Crippen LogP) is 2.85. The zero-order valence-corrected chi connectivity index (χ0v) is 20.8. The number of likely N-dealkylation sites (N-methyl/N-ethyl adjacent to an activating group) is 1. The Morgan fingerprint density at radius 1 is 1.11 bits per heavy atom. The molecule has 4 aromatic rings. The highest BCUT2D eigenvalue weighted by Crippen LogP contribution is 2.28. The fourth-order valence-electron chi connectivity index (χ4n) is 4.55. The number of hydrogen-bond donors (Lipinski definition) is 1. The Labute approximate surface area is 214 Å². The molecular weight excluding hydrogens is 470 g/mol. The number of hydrogen-bond acceptors (Lipinski definition) is 7. The average molecular weight is 500 g/mol. The lowest BCUT2D eigenvalue weighted by molar-refractivity contribution is -0.125. The molecule has 37 heavy (non-hydrogen) atoms. The van der Waals surface area contributed by atoms with E-state index in [-0.39, 0.29) is 23.5 Å². The minimum Gasteiger partial charge on any atom is -0.457 e. The summed E-state index contributed by atoms with van der Waals surface area (Å²) in [7, 11) is 3.89. The summed E-state index contributed by atoms with van der Waals surface area (Å²) in [6, 6.07) is 16.4. The molecule has 1 fully saturated rings. The third-order valence-electron chi connectivity index (χ3n) is 6.33. The van der Waals surface area contributed by atoms with Gasteiger partial charge in [-0.2, -0.15) is 0 Å². The van der Waals surface area contributed by atoms with E-state index < -0.39 is 0 Å². The Morgan fingerprint density at radius 2 is 1.84 bits per heavy atom. The Morgan fingerprint density at radius 3 is 2.57 bits per heavy atom. The highest BCUT2D eigenvalue weighted by atomic mass is 16.5. The van der Waals surface area contributed by atoms with E-state index in [0.717, 1.165) is 5.75 Å². The molecule has 0 radical (unpaired) electrons. The lowest BCUT2D eigenvalue weighted by atomic mass is 10.2. The van der Waals surface area contributed by atoms with E-state index in [4.69, 9.17) is 10.5 Å². The van der Waals surface area contributed by atoms with Crippen molar-refractivity contribution in [2.24, 2.45) is 0 Å².